The van der Waals surface area contributed by atoms with Crippen LogP contribution < -0.4 is 0 Å². The predicted octanol–water partition coefficient (Wildman–Crippen LogP) is 4.27. The average molecular weight is 165 g/mol. The van der Waals surface area contributed by atoms with E-state index in [1.807, 2.05) is 0 Å². The Hall–Kier alpha value is -0.260. The van der Waals surface area contributed by atoms with Gasteiger partial charge < -0.3 is 0 Å². The van der Waals surface area contributed by atoms with Crippen molar-refractivity contribution in [1.82, 2.24) is 0 Å². The summed E-state index contributed by atoms with van der Waals surface area (Å²) in [4.78, 5) is 0. The van der Waals surface area contributed by atoms with Gasteiger partial charge in [-0.05, 0) is 44.9 Å². The molecule has 0 unspecified atom stereocenters. The van der Waals surface area contributed by atoms with Crippen LogP contribution in [0.5, 0.6) is 0 Å². The molecule has 0 spiro atoms. The van der Waals surface area contributed by atoms with Crippen molar-refractivity contribution >= 4 is 0 Å². The minimum atomic E-state index is 1.26. The second-order valence-electron chi connectivity index (χ2n) is 3.74. The number of hydrogen-bond donors (Lipinski definition) is 0. The average Bonchev–Trinajstić information content (AvgIpc) is 2.14. The van der Waals surface area contributed by atoms with Crippen LogP contribution in [0, 0.1) is 6.42 Å². The molecule has 0 N–H and O–H groups in total. The van der Waals surface area contributed by atoms with E-state index in [2.05, 4.69) is 19.4 Å². The van der Waals surface area contributed by atoms with Crippen LogP contribution in [-0.2, 0) is 0 Å². The zero-order valence-corrected chi connectivity index (χ0v) is 8.31. The lowest BCUT2D eigenvalue weighted by atomic mass is 9.95. The number of allylic oxidation sites excluding steroid dienone is 2. The van der Waals surface area contributed by atoms with Crippen LogP contribution in [0.15, 0.2) is 11.6 Å². The second kappa shape index (κ2) is 6.28. The molecule has 0 heterocycles. The highest BCUT2D eigenvalue weighted by Crippen LogP contribution is 2.21. The number of hydrogen-bond acceptors (Lipinski definition) is 0. The maximum atomic E-state index is 2.46. The third kappa shape index (κ3) is 3.94. The third-order valence-electron chi connectivity index (χ3n) is 2.55. The summed E-state index contributed by atoms with van der Waals surface area (Å²) in [6.45, 7) is 2.26. The lowest BCUT2D eigenvalue weighted by molar-refractivity contribution is 0.675. The molecule has 0 aliphatic heterocycles. The van der Waals surface area contributed by atoms with Gasteiger partial charge in [0.25, 0.3) is 0 Å². The Balaban J connectivity index is 2.01. The molecule has 0 nitrogen and oxygen atoms in total. The first-order valence-corrected chi connectivity index (χ1v) is 5.43. The van der Waals surface area contributed by atoms with Gasteiger partial charge in [0.15, 0.2) is 0 Å². The van der Waals surface area contributed by atoms with E-state index in [1.54, 1.807) is 5.57 Å². The highest BCUT2D eigenvalue weighted by Gasteiger charge is 2.02. The zero-order chi connectivity index (χ0) is 8.65. The molecular formula is C12H21. The Morgan fingerprint density at radius 3 is 3.00 bits per heavy atom. The maximum absolute atomic E-state index is 2.46. The molecule has 0 aromatic heterocycles. The van der Waals surface area contributed by atoms with Gasteiger partial charge in [-0.3, -0.25) is 0 Å². The highest BCUT2D eigenvalue weighted by molar-refractivity contribution is 5.07. The smallest absolute Gasteiger partial charge is 0.0289 e. The minimum absolute atomic E-state index is 1.26. The summed E-state index contributed by atoms with van der Waals surface area (Å²) in [5, 5.41) is 0. The van der Waals surface area contributed by atoms with Crippen LogP contribution in [0.1, 0.15) is 58.3 Å². The van der Waals surface area contributed by atoms with Crippen molar-refractivity contribution in [2.75, 3.05) is 0 Å². The molecule has 1 radical (unpaired) electrons. The molecular weight excluding hydrogens is 144 g/mol. The quantitative estimate of drug-likeness (QED) is 0.421. The molecule has 0 atom stereocenters. The molecule has 0 amide bonds. The fraction of sp³-hybridized carbons (Fsp3) is 0.750. The fourth-order valence-corrected chi connectivity index (χ4v) is 1.73. The molecule has 0 saturated carbocycles. The zero-order valence-electron chi connectivity index (χ0n) is 8.31. The summed E-state index contributed by atoms with van der Waals surface area (Å²) in [6.07, 6.45) is 15.7. The van der Waals surface area contributed by atoms with Crippen molar-refractivity contribution in [3.63, 3.8) is 0 Å². The molecule has 0 bridgehead atoms. The van der Waals surface area contributed by atoms with E-state index in [0.29, 0.717) is 0 Å². The van der Waals surface area contributed by atoms with Crippen molar-refractivity contribution in [3.8, 4) is 0 Å². The van der Waals surface area contributed by atoms with Gasteiger partial charge in [0.1, 0.15) is 0 Å². The summed E-state index contributed by atoms with van der Waals surface area (Å²) >= 11 is 0. The van der Waals surface area contributed by atoms with Gasteiger partial charge in [-0.2, -0.15) is 0 Å². The minimum Gasteiger partial charge on any atom is -0.0853 e. The molecule has 0 aromatic rings. The van der Waals surface area contributed by atoms with Gasteiger partial charge in [0.05, 0.1) is 0 Å². The molecule has 1 aliphatic rings. The van der Waals surface area contributed by atoms with Crippen molar-refractivity contribution in [2.24, 2.45) is 0 Å². The summed E-state index contributed by atoms with van der Waals surface area (Å²) in [5.41, 5.74) is 1.69. The van der Waals surface area contributed by atoms with Crippen LogP contribution in [0.25, 0.3) is 0 Å². The Bertz CT molecular complexity index is 133. The third-order valence-corrected chi connectivity index (χ3v) is 2.55. The monoisotopic (exact) mass is 165 g/mol. The summed E-state index contributed by atoms with van der Waals surface area (Å²) in [7, 11) is 0. The van der Waals surface area contributed by atoms with Crippen LogP contribution in [0.4, 0.5) is 0 Å². The van der Waals surface area contributed by atoms with E-state index < -0.39 is 0 Å². The highest BCUT2D eigenvalue weighted by atomic mass is 14.1. The normalized spacial score (nSPS) is 17.6. The Morgan fingerprint density at radius 2 is 2.33 bits per heavy atom. The maximum Gasteiger partial charge on any atom is -0.0289 e. The van der Waals surface area contributed by atoms with Crippen LogP contribution in [-0.4, -0.2) is 0 Å². The molecule has 1 aliphatic carbocycles. The Kier molecular flexibility index (Phi) is 5.14. The first kappa shape index (κ1) is 9.83. The first-order chi connectivity index (χ1) is 5.93. The van der Waals surface area contributed by atoms with E-state index in [-0.39, 0.29) is 0 Å². The van der Waals surface area contributed by atoms with Gasteiger partial charge in [0, 0.05) is 0 Å². The Labute approximate surface area is 77.1 Å². The van der Waals surface area contributed by atoms with E-state index in [1.165, 1.54) is 51.4 Å². The van der Waals surface area contributed by atoms with Gasteiger partial charge in [-0.15, -0.1) is 0 Å². The SMILES string of the molecule is CCCC[CH]CC1=CCCCC1. The van der Waals surface area contributed by atoms with E-state index in [0.717, 1.165) is 0 Å². The van der Waals surface area contributed by atoms with Crippen LogP contribution in [0.2, 0.25) is 0 Å². The summed E-state index contributed by atoms with van der Waals surface area (Å²) < 4.78 is 0. The van der Waals surface area contributed by atoms with Gasteiger partial charge in [-0.25, -0.2) is 0 Å². The van der Waals surface area contributed by atoms with Gasteiger partial charge in [0.2, 0.25) is 0 Å². The van der Waals surface area contributed by atoms with Crippen molar-refractivity contribution < 1.29 is 0 Å². The van der Waals surface area contributed by atoms with E-state index >= 15 is 0 Å². The second-order valence-corrected chi connectivity index (χ2v) is 3.74. The summed E-state index contributed by atoms with van der Waals surface area (Å²) in [5.74, 6) is 0. The first-order valence-electron chi connectivity index (χ1n) is 5.43. The molecule has 0 heteroatoms. The molecule has 1 rings (SSSR count). The molecule has 0 fully saturated rings. The van der Waals surface area contributed by atoms with Gasteiger partial charge >= 0.3 is 0 Å². The van der Waals surface area contributed by atoms with Crippen molar-refractivity contribution in [3.05, 3.63) is 18.1 Å². The van der Waals surface area contributed by atoms with E-state index in [4.69, 9.17) is 0 Å². The molecule has 69 valence electrons. The lowest BCUT2D eigenvalue weighted by Crippen LogP contribution is -1.92. The number of rotatable bonds is 5. The molecule has 12 heavy (non-hydrogen) atoms. The van der Waals surface area contributed by atoms with Crippen molar-refractivity contribution in [2.45, 2.75) is 58.3 Å². The topological polar surface area (TPSA) is 0 Å². The van der Waals surface area contributed by atoms with Crippen LogP contribution in [0.3, 0.4) is 0 Å². The fourth-order valence-electron chi connectivity index (χ4n) is 1.73. The van der Waals surface area contributed by atoms with E-state index in [9.17, 15) is 0 Å². The predicted molar refractivity (Wildman–Crippen MR) is 55.0 cm³/mol. The Morgan fingerprint density at radius 1 is 1.42 bits per heavy atom. The van der Waals surface area contributed by atoms with Crippen molar-refractivity contribution in [1.29, 1.82) is 0 Å². The largest absolute Gasteiger partial charge is 0.0853 e. The summed E-state index contributed by atoms with van der Waals surface area (Å²) in [6, 6.07) is 0. The molecule has 0 saturated heterocycles. The molecule has 0 aromatic carbocycles. The lowest BCUT2D eigenvalue weighted by Gasteiger charge is -2.11. The standard InChI is InChI=1S/C12H21/c1-2-3-4-6-9-12-10-7-5-8-11-12/h6,10H,2-5,7-9,11H2,1H3. The number of unbranched alkanes of at least 4 members (excludes halogenated alkanes) is 3. The van der Waals surface area contributed by atoms with Crippen LogP contribution >= 0.6 is 0 Å². The van der Waals surface area contributed by atoms with Gasteiger partial charge in [-0.1, -0.05) is 31.4 Å².